The highest BCUT2D eigenvalue weighted by molar-refractivity contribution is 5.94. The van der Waals surface area contributed by atoms with Gasteiger partial charge in [0.05, 0.1) is 11.5 Å². The summed E-state index contributed by atoms with van der Waals surface area (Å²) in [6.07, 6.45) is 1.53. The molecule has 0 saturated carbocycles. The second-order valence-corrected chi connectivity index (χ2v) is 6.86. The first kappa shape index (κ1) is 18.7. The lowest BCUT2D eigenvalue weighted by Crippen LogP contribution is -2.39. The number of likely N-dealkylation sites (tertiary alicyclic amines) is 1. The zero-order valence-corrected chi connectivity index (χ0v) is 15.3. The maximum atomic E-state index is 13.5. The molecule has 1 aromatic heterocycles. The third-order valence-corrected chi connectivity index (χ3v) is 4.94. The van der Waals surface area contributed by atoms with Crippen molar-refractivity contribution in [1.82, 2.24) is 15.0 Å². The molecule has 146 valence electrons. The average Bonchev–Trinajstić information content (AvgIpc) is 3.24. The van der Waals surface area contributed by atoms with Crippen molar-refractivity contribution < 1.29 is 18.1 Å². The fourth-order valence-corrected chi connectivity index (χ4v) is 3.41. The largest absolute Gasteiger partial charge is 0.339 e. The number of carbonyl (C=O) groups excluding carboxylic acids is 1. The summed E-state index contributed by atoms with van der Waals surface area (Å²) in [5.74, 6) is -0.631. The van der Waals surface area contributed by atoms with Crippen LogP contribution in [0.25, 0.3) is 11.4 Å². The molecule has 4 rings (SSSR count). The highest BCUT2D eigenvalue weighted by Gasteiger charge is 2.29. The molecule has 6 nitrogen and oxygen atoms in total. The Balaban J connectivity index is 1.51. The van der Waals surface area contributed by atoms with Crippen LogP contribution in [0.5, 0.6) is 0 Å². The Kier molecular flexibility index (Phi) is 5.04. The Hall–Kier alpha value is -3.60. The standard InChI is InChI=1S/C21H16F2N4O2/c22-17-6-3-13(4-7-17)19-25-20(29-26-19)15-2-1-9-27(12-15)21(28)14-5-8-18(23)16(10-14)11-24/h3-8,10,15H,1-2,9,12H2/t15-/m0/s1. The summed E-state index contributed by atoms with van der Waals surface area (Å²) in [4.78, 5) is 18.9. The number of benzene rings is 2. The van der Waals surface area contributed by atoms with E-state index in [4.69, 9.17) is 9.78 Å². The van der Waals surface area contributed by atoms with E-state index in [1.54, 1.807) is 23.1 Å². The van der Waals surface area contributed by atoms with Crippen molar-refractivity contribution in [1.29, 1.82) is 5.26 Å². The molecule has 1 aliphatic rings. The lowest BCUT2D eigenvalue weighted by atomic mass is 9.97. The smallest absolute Gasteiger partial charge is 0.253 e. The number of carbonyl (C=O) groups is 1. The number of hydrogen-bond donors (Lipinski definition) is 0. The van der Waals surface area contributed by atoms with Crippen molar-refractivity contribution in [2.24, 2.45) is 0 Å². The first-order valence-electron chi connectivity index (χ1n) is 9.13. The molecule has 1 amide bonds. The number of aromatic nitrogens is 2. The number of rotatable bonds is 3. The van der Waals surface area contributed by atoms with Gasteiger partial charge in [0.15, 0.2) is 0 Å². The molecule has 2 aromatic carbocycles. The lowest BCUT2D eigenvalue weighted by Gasteiger charge is -2.31. The van der Waals surface area contributed by atoms with E-state index in [1.165, 1.54) is 24.3 Å². The van der Waals surface area contributed by atoms with Crippen LogP contribution in [-0.2, 0) is 0 Å². The maximum absolute atomic E-state index is 13.5. The molecule has 29 heavy (non-hydrogen) atoms. The number of hydrogen-bond acceptors (Lipinski definition) is 5. The minimum atomic E-state index is -0.653. The third kappa shape index (κ3) is 3.85. The van der Waals surface area contributed by atoms with Gasteiger partial charge in [0.1, 0.15) is 17.7 Å². The Morgan fingerprint density at radius 1 is 1.21 bits per heavy atom. The summed E-state index contributed by atoms with van der Waals surface area (Å²) < 4.78 is 32.0. The number of nitrogens with zero attached hydrogens (tertiary/aromatic N) is 4. The SMILES string of the molecule is N#Cc1cc(C(=O)N2CCC[C@H](c3nc(-c4ccc(F)cc4)no3)C2)ccc1F. The highest BCUT2D eigenvalue weighted by Crippen LogP contribution is 2.28. The van der Waals surface area contributed by atoms with Gasteiger partial charge in [0.2, 0.25) is 11.7 Å². The average molecular weight is 394 g/mol. The molecule has 1 fully saturated rings. The molecule has 1 atom stereocenters. The fourth-order valence-electron chi connectivity index (χ4n) is 3.41. The van der Waals surface area contributed by atoms with Gasteiger partial charge in [0.25, 0.3) is 5.91 Å². The van der Waals surface area contributed by atoms with Crippen molar-refractivity contribution in [3.63, 3.8) is 0 Å². The van der Waals surface area contributed by atoms with E-state index in [-0.39, 0.29) is 28.8 Å². The Morgan fingerprint density at radius 3 is 2.76 bits per heavy atom. The van der Waals surface area contributed by atoms with Gasteiger partial charge in [-0.2, -0.15) is 10.2 Å². The van der Waals surface area contributed by atoms with Gasteiger partial charge in [-0.3, -0.25) is 4.79 Å². The van der Waals surface area contributed by atoms with Crippen molar-refractivity contribution in [2.75, 3.05) is 13.1 Å². The van der Waals surface area contributed by atoms with Gasteiger partial charge in [0, 0.05) is 24.2 Å². The van der Waals surface area contributed by atoms with Crippen LogP contribution in [0.4, 0.5) is 8.78 Å². The molecule has 0 radical (unpaired) electrons. The number of amides is 1. The fraction of sp³-hybridized carbons (Fsp3) is 0.238. The van der Waals surface area contributed by atoms with Crippen LogP contribution in [-0.4, -0.2) is 34.0 Å². The van der Waals surface area contributed by atoms with E-state index in [2.05, 4.69) is 10.1 Å². The molecule has 2 heterocycles. The molecule has 0 spiro atoms. The van der Waals surface area contributed by atoms with Crippen LogP contribution in [0.3, 0.4) is 0 Å². The molecule has 0 bridgehead atoms. The summed E-state index contributed by atoms with van der Waals surface area (Å²) in [7, 11) is 0. The van der Waals surface area contributed by atoms with E-state index >= 15 is 0 Å². The minimum Gasteiger partial charge on any atom is -0.339 e. The van der Waals surface area contributed by atoms with Gasteiger partial charge in [-0.1, -0.05) is 5.16 Å². The van der Waals surface area contributed by atoms with Crippen molar-refractivity contribution >= 4 is 5.91 Å². The van der Waals surface area contributed by atoms with Crippen molar-refractivity contribution in [3.05, 3.63) is 71.1 Å². The van der Waals surface area contributed by atoms with Crippen LogP contribution in [0.15, 0.2) is 47.0 Å². The van der Waals surface area contributed by atoms with Gasteiger partial charge >= 0.3 is 0 Å². The predicted octanol–water partition coefficient (Wildman–Crippen LogP) is 3.91. The molecule has 0 unspecified atom stereocenters. The van der Waals surface area contributed by atoms with Crippen molar-refractivity contribution in [2.45, 2.75) is 18.8 Å². The lowest BCUT2D eigenvalue weighted by molar-refractivity contribution is 0.0695. The minimum absolute atomic E-state index is 0.134. The van der Waals surface area contributed by atoms with Crippen LogP contribution < -0.4 is 0 Å². The summed E-state index contributed by atoms with van der Waals surface area (Å²) in [6, 6.07) is 11.3. The number of halogens is 2. The quantitative estimate of drug-likeness (QED) is 0.673. The molecular formula is C21H16F2N4O2. The Bertz CT molecular complexity index is 1090. The monoisotopic (exact) mass is 394 g/mol. The van der Waals surface area contributed by atoms with E-state index in [0.29, 0.717) is 30.4 Å². The van der Waals surface area contributed by atoms with Crippen LogP contribution in [0.1, 0.15) is 40.6 Å². The summed E-state index contributed by atoms with van der Waals surface area (Å²) in [6.45, 7) is 0.927. The summed E-state index contributed by atoms with van der Waals surface area (Å²) >= 11 is 0. The first-order valence-corrected chi connectivity index (χ1v) is 9.13. The second kappa shape index (κ2) is 7.80. The zero-order valence-electron chi connectivity index (χ0n) is 15.3. The van der Waals surface area contributed by atoms with Crippen LogP contribution >= 0.6 is 0 Å². The van der Waals surface area contributed by atoms with E-state index in [9.17, 15) is 13.6 Å². The summed E-state index contributed by atoms with van der Waals surface area (Å²) in [5, 5.41) is 12.9. The van der Waals surface area contributed by atoms with Gasteiger partial charge in [-0.15, -0.1) is 0 Å². The molecular weight excluding hydrogens is 378 g/mol. The highest BCUT2D eigenvalue weighted by atomic mass is 19.1. The summed E-state index contributed by atoms with van der Waals surface area (Å²) in [5.41, 5.74) is 0.742. The number of nitriles is 1. The molecule has 8 heteroatoms. The molecule has 3 aromatic rings. The number of piperidine rings is 1. The molecule has 1 saturated heterocycles. The molecule has 0 aliphatic carbocycles. The van der Waals surface area contributed by atoms with E-state index in [0.717, 1.165) is 18.9 Å². The third-order valence-electron chi connectivity index (χ3n) is 4.94. The van der Waals surface area contributed by atoms with Crippen molar-refractivity contribution in [3.8, 4) is 17.5 Å². The van der Waals surface area contributed by atoms with E-state index in [1.807, 2.05) is 0 Å². The molecule has 1 aliphatic heterocycles. The maximum Gasteiger partial charge on any atom is 0.253 e. The Labute approximate surface area is 165 Å². The van der Waals surface area contributed by atoms with Gasteiger partial charge < -0.3 is 9.42 Å². The molecule has 0 N–H and O–H groups in total. The predicted molar refractivity (Wildman–Crippen MR) is 98.7 cm³/mol. The van der Waals surface area contributed by atoms with Gasteiger partial charge in [-0.05, 0) is 55.3 Å². The van der Waals surface area contributed by atoms with Crippen LogP contribution in [0.2, 0.25) is 0 Å². The Morgan fingerprint density at radius 2 is 2.00 bits per heavy atom. The second-order valence-electron chi connectivity index (χ2n) is 6.86. The van der Waals surface area contributed by atoms with E-state index < -0.39 is 5.82 Å². The topological polar surface area (TPSA) is 83.0 Å². The van der Waals surface area contributed by atoms with Gasteiger partial charge in [-0.25, -0.2) is 8.78 Å². The first-order chi connectivity index (χ1) is 14.0. The normalized spacial score (nSPS) is 16.4. The van der Waals surface area contributed by atoms with Crippen LogP contribution in [0, 0.1) is 23.0 Å². The zero-order chi connectivity index (χ0) is 20.4.